The lowest BCUT2D eigenvalue weighted by Crippen LogP contribution is -2.12. The first kappa shape index (κ1) is 17.9. The normalized spacial score (nSPS) is 10.5. The molecular weight excluding hydrogens is 375 g/mol. The van der Waals surface area contributed by atoms with Crippen LogP contribution in [0.1, 0.15) is 27.3 Å². The number of benzene rings is 1. The van der Waals surface area contributed by atoms with Crippen LogP contribution in [0.15, 0.2) is 36.7 Å². The van der Waals surface area contributed by atoms with Gasteiger partial charge in [-0.05, 0) is 36.8 Å². The van der Waals surface area contributed by atoms with Crippen LogP contribution in [0.3, 0.4) is 0 Å². The number of rotatable bonds is 4. The van der Waals surface area contributed by atoms with Crippen molar-refractivity contribution in [2.24, 2.45) is 0 Å². The van der Waals surface area contributed by atoms with E-state index in [0.717, 1.165) is 0 Å². The summed E-state index contributed by atoms with van der Waals surface area (Å²) < 4.78 is 1.54. The molecule has 0 bridgehead atoms. The van der Waals surface area contributed by atoms with Gasteiger partial charge in [-0.15, -0.1) is 0 Å². The first-order valence-corrected chi connectivity index (χ1v) is 8.26. The van der Waals surface area contributed by atoms with Crippen molar-refractivity contribution in [1.29, 1.82) is 5.26 Å². The summed E-state index contributed by atoms with van der Waals surface area (Å²) in [6.07, 6.45) is 2.96. The third-order valence-electron chi connectivity index (χ3n) is 3.81. The maximum Gasteiger partial charge on any atom is 0.354 e. The highest BCUT2D eigenvalue weighted by Gasteiger charge is 2.22. The molecule has 0 spiro atoms. The van der Waals surface area contributed by atoms with E-state index in [-0.39, 0.29) is 12.2 Å². The Morgan fingerprint density at radius 2 is 2.08 bits per heavy atom. The van der Waals surface area contributed by atoms with Crippen LogP contribution in [0, 0.1) is 18.3 Å². The summed E-state index contributed by atoms with van der Waals surface area (Å²) in [5.41, 5.74) is 1.95. The van der Waals surface area contributed by atoms with Gasteiger partial charge in [0.15, 0.2) is 5.69 Å². The van der Waals surface area contributed by atoms with Crippen LogP contribution < -0.4 is 0 Å². The topological polar surface area (TPSA) is 91.8 Å². The van der Waals surface area contributed by atoms with Gasteiger partial charge in [-0.3, -0.25) is 4.98 Å². The molecule has 8 heteroatoms. The number of carbonyl (C=O) groups is 1. The van der Waals surface area contributed by atoms with Gasteiger partial charge in [0.05, 0.1) is 17.8 Å². The first-order chi connectivity index (χ1) is 12.4. The summed E-state index contributed by atoms with van der Waals surface area (Å²) in [5, 5.41) is 19.7. The minimum Gasteiger partial charge on any atom is -0.477 e. The van der Waals surface area contributed by atoms with E-state index >= 15 is 0 Å². The molecule has 0 saturated carbocycles. The third kappa shape index (κ3) is 3.40. The lowest BCUT2D eigenvalue weighted by atomic mass is 10.2. The van der Waals surface area contributed by atoms with Crippen molar-refractivity contribution in [3.8, 4) is 17.5 Å². The van der Waals surface area contributed by atoms with Gasteiger partial charge in [0.2, 0.25) is 0 Å². The zero-order valence-electron chi connectivity index (χ0n) is 13.6. The van der Waals surface area contributed by atoms with E-state index in [9.17, 15) is 9.90 Å². The molecule has 0 aliphatic rings. The van der Waals surface area contributed by atoms with Crippen LogP contribution >= 0.6 is 23.2 Å². The van der Waals surface area contributed by atoms with Gasteiger partial charge >= 0.3 is 5.97 Å². The fourth-order valence-corrected chi connectivity index (χ4v) is 3.05. The van der Waals surface area contributed by atoms with Crippen LogP contribution in [0.4, 0.5) is 0 Å². The van der Waals surface area contributed by atoms with Gasteiger partial charge in [-0.25, -0.2) is 9.78 Å². The molecule has 2 heterocycles. The van der Waals surface area contributed by atoms with Crippen LogP contribution in [0.5, 0.6) is 0 Å². The molecule has 1 aromatic carbocycles. The predicted octanol–water partition coefficient (Wildman–Crippen LogP) is 4.18. The summed E-state index contributed by atoms with van der Waals surface area (Å²) in [6, 6.07) is 8.61. The van der Waals surface area contributed by atoms with Gasteiger partial charge in [-0.2, -0.15) is 5.26 Å². The fraction of sp³-hybridized carbons (Fsp3) is 0.111. The fourth-order valence-electron chi connectivity index (χ4n) is 2.68. The van der Waals surface area contributed by atoms with Crippen molar-refractivity contribution in [1.82, 2.24) is 14.5 Å². The molecule has 130 valence electrons. The molecular formula is C18H12Cl2N4O2. The molecule has 2 aromatic heterocycles. The monoisotopic (exact) mass is 386 g/mol. The maximum atomic E-state index is 11.8. The highest BCUT2D eigenvalue weighted by Crippen LogP contribution is 2.27. The second-order valence-electron chi connectivity index (χ2n) is 5.57. The zero-order valence-corrected chi connectivity index (χ0v) is 15.1. The third-order valence-corrected chi connectivity index (χ3v) is 4.41. The average molecular weight is 387 g/mol. The van der Waals surface area contributed by atoms with E-state index in [0.29, 0.717) is 38.3 Å². The van der Waals surface area contributed by atoms with Crippen LogP contribution in [0.2, 0.25) is 10.0 Å². The number of hydrogen-bond acceptors (Lipinski definition) is 4. The van der Waals surface area contributed by atoms with Gasteiger partial charge in [-0.1, -0.05) is 23.2 Å². The molecule has 3 aromatic rings. The highest BCUT2D eigenvalue weighted by atomic mass is 35.5. The summed E-state index contributed by atoms with van der Waals surface area (Å²) in [4.78, 5) is 20.2. The molecule has 6 nitrogen and oxygen atoms in total. The summed E-state index contributed by atoms with van der Waals surface area (Å²) >= 11 is 12.3. The number of aryl methyl sites for hydroxylation is 1. The van der Waals surface area contributed by atoms with Crippen molar-refractivity contribution in [2.45, 2.75) is 13.5 Å². The number of hydrogen-bond donors (Lipinski definition) is 1. The van der Waals surface area contributed by atoms with Gasteiger partial charge in [0, 0.05) is 28.0 Å². The summed E-state index contributed by atoms with van der Waals surface area (Å²) in [7, 11) is 0. The zero-order chi connectivity index (χ0) is 18.8. The minimum absolute atomic E-state index is 0.0402. The van der Waals surface area contributed by atoms with Gasteiger partial charge < -0.3 is 9.67 Å². The SMILES string of the molecule is Cc1nc(-c2cncc(C#N)c2)n(Cc2cc(Cl)ccc2Cl)c1C(=O)O. The van der Waals surface area contributed by atoms with E-state index in [1.54, 1.807) is 31.2 Å². The molecule has 0 unspecified atom stereocenters. The van der Waals surface area contributed by atoms with Crippen molar-refractivity contribution in [2.75, 3.05) is 0 Å². The number of aromatic carboxylic acids is 1. The number of carboxylic acids is 1. The van der Waals surface area contributed by atoms with Gasteiger partial charge in [0.25, 0.3) is 0 Å². The number of imidazole rings is 1. The largest absolute Gasteiger partial charge is 0.477 e. The Morgan fingerprint density at radius 1 is 1.31 bits per heavy atom. The first-order valence-electron chi connectivity index (χ1n) is 7.50. The molecule has 0 radical (unpaired) electrons. The predicted molar refractivity (Wildman–Crippen MR) is 97.4 cm³/mol. The Bertz CT molecular complexity index is 1050. The van der Waals surface area contributed by atoms with E-state index in [1.165, 1.54) is 17.0 Å². The van der Waals surface area contributed by atoms with Crippen molar-refractivity contribution in [3.63, 3.8) is 0 Å². The average Bonchev–Trinajstić information content (AvgIpc) is 2.94. The van der Waals surface area contributed by atoms with E-state index in [4.69, 9.17) is 28.5 Å². The molecule has 0 saturated heterocycles. The quantitative estimate of drug-likeness (QED) is 0.725. The van der Waals surface area contributed by atoms with E-state index in [1.807, 2.05) is 6.07 Å². The summed E-state index contributed by atoms with van der Waals surface area (Å²) in [5.74, 6) is -0.718. The Morgan fingerprint density at radius 3 is 2.77 bits per heavy atom. The standard InChI is InChI=1S/C18H12Cl2N4O2/c1-10-16(18(25)26)24(9-13-5-14(19)2-3-15(13)20)17(23-10)12-4-11(6-21)7-22-8-12/h2-5,7-8H,9H2,1H3,(H,25,26). The van der Waals surface area contributed by atoms with Crippen LogP contribution in [-0.2, 0) is 6.54 Å². The summed E-state index contributed by atoms with van der Waals surface area (Å²) in [6.45, 7) is 1.78. The Kier molecular flexibility index (Phi) is 4.94. The number of nitriles is 1. The molecule has 3 rings (SSSR count). The van der Waals surface area contributed by atoms with Gasteiger partial charge in [0.1, 0.15) is 11.9 Å². The Labute approximate surface area is 159 Å². The maximum absolute atomic E-state index is 11.8. The molecule has 0 amide bonds. The Hall–Kier alpha value is -2.88. The lowest BCUT2D eigenvalue weighted by molar-refractivity contribution is 0.0685. The second kappa shape index (κ2) is 7.16. The molecule has 0 atom stereocenters. The second-order valence-corrected chi connectivity index (χ2v) is 6.41. The highest BCUT2D eigenvalue weighted by molar-refractivity contribution is 6.33. The molecule has 0 aliphatic heterocycles. The Balaban J connectivity index is 2.20. The van der Waals surface area contributed by atoms with Crippen LogP contribution in [0.25, 0.3) is 11.4 Å². The smallest absolute Gasteiger partial charge is 0.354 e. The minimum atomic E-state index is -1.11. The number of halogens is 2. The number of pyridine rings is 1. The van der Waals surface area contributed by atoms with E-state index in [2.05, 4.69) is 9.97 Å². The van der Waals surface area contributed by atoms with Crippen molar-refractivity contribution < 1.29 is 9.90 Å². The molecule has 1 N–H and O–H groups in total. The number of aromatic nitrogens is 3. The number of nitrogens with zero attached hydrogens (tertiary/aromatic N) is 4. The molecule has 26 heavy (non-hydrogen) atoms. The lowest BCUT2D eigenvalue weighted by Gasteiger charge is -2.12. The molecule has 0 aliphatic carbocycles. The molecule has 0 fully saturated rings. The van der Waals surface area contributed by atoms with E-state index < -0.39 is 5.97 Å². The van der Waals surface area contributed by atoms with Crippen molar-refractivity contribution >= 4 is 29.2 Å². The van der Waals surface area contributed by atoms with Crippen molar-refractivity contribution in [3.05, 3.63) is 69.2 Å². The number of carboxylic acid groups (broad SMARTS) is 1. The van der Waals surface area contributed by atoms with Crippen LogP contribution in [-0.4, -0.2) is 25.6 Å².